The Labute approximate surface area is 185 Å². The van der Waals surface area contributed by atoms with Crippen LogP contribution in [0, 0.1) is 12.7 Å². The van der Waals surface area contributed by atoms with Gasteiger partial charge in [-0.05, 0) is 54.4 Å². The van der Waals surface area contributed by atoms with Crippen LogP contribution in [0.25, 0.3) is 0 Å². The van der Waals surface area contributed by atoms with Gasteiger partial charge in [-0.2, -0.15) is 4.72 Å². The van der Waals surface area contributed by atoms with E-state index in [1.807, 2.05) is 0 Å². The van der Waals surface area contributed by atoms with Crippen molar-refractivity contribution in [3.05, 3.63) is 89.0 Å². The summed E-state index contributed by atoms with van der Waals surface area (Å²) in [5, 5.41) is 0. The lowest BCUT2D eigenvalue weighted by molar-refractivity contribution is 0.0600. The molecule has 32 heavy (non-hydrogen) atoms. The Hall–Kier alpha value is -3.30. The van der Waals surface area contributed by atoms with Crippen molar-refractivity contribution >= 4 is 16.0 Å². The van der Waals surface area contributed by atoms with Crippen molar-refractivity contribution in [2.75, 3.05) is 13.7 Å². The third kappa shape index (κ3) is 3.85. The van der Waals surface area contributed by atoms with E-state index in [1.165, 1.54) is 43.6 Å². The van der Waals surface area contributed by atoms with Crippen molar-refractivity contribution in [1.29, 1.82) is 0 Å². The Bertz CT molecular complexity index is 1300. The molecule has 0 spiro atoms. The number of halogens is 1. The first kappa shape index (κ1) is 21.9. The van der Waals surface area contributed by atoms with Gasteiger partial charge in [0, 0.05) is 12.6 Å². The molecule has 0 radical (unpaired) electrons. The number of aromatic nitrogens is 1. The molecular formula is C23H21FN2O5S. The highest BCUT2D eigenvalue weighted by Gasteiger charge is 2.44. The Balaban J connectivity index is 1.88. The number of esters is 1. The Morgan fingerprint density at radius 3 is 2.75 bits per heavy atom. The van der Waals surface area contributed by atoms with Crippen molar-refractivity contribution in [1.82, 2.24) is 9.71 Å². The van der Waals surface area contributed by atoms with Crippen LogP contribution in [0.2, 0.25) is 0 Å². The molecule has 0 amide bonds. The quantitative estimate of drug-likeness (QED) is 0.592. The second-order valence-corrected chi connectivity index (χ2v) is 9.13. The number of ether oxygens (including phenoxy) is 2. The first-order valence-electron chi connectivity index (χ1n) is 9.84. The summed E-state index contributed by atoms with van der Waals surface area (Å²) in [4.78, 5) is 16.2. The summed E-state index contributed by atoms with van der Waals surface area (Å²) in [6.07, 6.45) is 1.72. The third-order valence-corrected chi connectivity index (χ3v) is 6.94. The van der Waals surface area contributed by atoms with Gasteiger partial charge in [-0.25, -0.2) is 17.6 Å². The summed E-state index contributed by atoms with van der Waals surface area (Å²) in [6.45, 7) is 1.82. The van der Waals surface area contributed by atoms with E-state index in [-0.39, 0.29) is 23.5 Å². The minimum atomic E-state index is -4.17. The van der Waals surface area contributed by atoms with Crippen molar-refractivity contribution in [3.63, 3.8) is 0 Å². The molecule has 0 unspecified atom stereocenters. The Morgan fingerprint density at radius 1 is 1.19 bits per heavy atom. The minimum Gasteiger partial charge on any atom is -0.491 e. The molecule has 0 aliphatic carbocycles. The maximum Gasteiger partial charge on any atom is 0.337 e. The summed E-state index contributed by atoms with van der Waals surface area (Å²) < 4.78 is 54.6. The van der Waals surface area contributed by atoms with E-state index >= 15 is 0 Å². The molecule has 3 aromatic rings. The van der Waals surface area contributed by atoms with Crippen molar-refractivity contribution in [3.8, 4) is 5.75 Å². The van der Waals surface area contributed by atoms with Crippen LogP contribution in [-0.2, 0) is 20.3 Å². The van der Waals surface area contributed by atoms with Gasteiger partial charge in [-0.1, -0.05) is 18.2 Å². The maximum atomic E-state index is 14.5. The van der Waals surface area contributed by atoms with Crippen LogP contribution in [-0.4, -0.2) is 33.1 Å². The van der Waals surface area contributed by atoms with Crippen molar-refractivity contribution in [2.45, 2.75) is 23.8 Å². The van der Waals surface area contributed by atoms with Crippen LogP contribution in [0.1, 0.15) is 33.6 Å². The molecule has 4 rings (SSSR count). The molecule has 1 aliphatic heterocycles. The fraction of sp³-hybridized carbons (Fsp3) is 0.217. The molecular weight excluding hydrogens is 435 g/mol. The molecule has 9 heteroatoms. The maximum absolute atomic E-state index is 14.5. The number of rotatable bonds is 5. The van der Waals surface area contributed by atoms with Crippen molar-refractivity contribution in [2.24, 2.45) is 0 Å². The molecule has 1 aromatic heterocycles. The number of carbonyl (C=O) groups is 1. The second-order valence-electron chi connectivity index (χ2n) is 7.44. The van der Waals surface area contributed by atoms with E-state index < -0.39 is 27.3 Å². The summed E-state index contributed by atoms with van der Waals surface area (Å²) in [5.74, 6) is -0.709. The second kappa shape index (κ2) is 8.33. The molecule has 166 valence electrons. The number of nitrogens with one attached hydrogen (secondary N) is 1. The number of hydrogen-bond donors (Lipinski definition) is 1. The zero-order valence-corrected chi connectivity index (χ0v) is 18.3. The smallest absolute Gasteiger partial charge is 0.337 e. The van der Waals surface area contributed by atoms with Gasteiger partial charge < -0.3 is 9.47 Å². The summed E-state index contributed by atoms with van der Waals surface area (Å²) in [5.41, 5.74) is -0.107. The van der Waals surface area contributed by atoms with Crippen LogP contribution < -0.4 is 9.46 Å². The highest BCUT2D eigenvalue weighted by molar-refractivity contribution is 7.89. The number of benzene rings is 2. The van der Waals surface area contributed by atoms with Crippen LogP contribution in [0.15, 0.2) is 65.7 Å². The van der Waals surface area contributed by atoms with E-state index in [9.17, 15) is 17.6 Å². The third-order valence-electron chi connectivity index (χ3n) is 5.45. The molecule has 7 nitrogen and oxygen atoms in total. The average molecular weight is 456 g/mol. The summed E-state index contributed by atoms with van der Waals surface area (Å²) >= 11 is 0. The molecule has 2 aromatic carbocycles. The first-order chi connectivity index (χ1) is 15.3. The zero-order chi connectivity index (χ0) is 22.9. The predicted octanol–water partition coefficient (Wildman–Crippen LogP) is 3.32. The van der Waals surface area contributed by atoms with Gasteiger partial charge in [0.25, 0.3) is 0 Å². The number of aryl methyl sites for hydroxylation is 1. The van der Waals surface area contributed by atoms with Crippen LogP contribution >= 0.6 is 0 Å². The van der Waals surface area contributed by atoms with E-state index in [0.29, 0.717) is 22.6 Å². The number of nitrogens with zero attached hydrogens (tertiary/aromatic N) is 1. The lowest BCUT2D eigenvalue weighted by Gasteiger charge is -2.38. The topological polar surface area (TPSA) is 94.6 Å². The van der Waals surface area contributed by atoms with Crippen LogP contribution in [0.5, 0.6) is 5.75 Å². The van der Waals surface area contributed by atoms with Gasteiger partial charge >= 0.3 is 5.97 Å². The van der Waals surface area contributed by atoms with E-state index in [4.69, 9.17) is 9.47 Å². The van der Waals surface area contributed by atoms with Crippen LogP contribution in [0.4, 0.5) is 4.39 Å². The number of hydrogen-bond acceptors (Lipinski definition) is 6. The van der Waals surface area contributed by atoms with Crippen molar-refractivity contribution < 1.29 is 27.1 Å². The molecule has 0 saturated carbocycles. The van der Waals surface area contributed by atoms with Gasteiger partial charge in [-0.15, -0.1) is 0 Å². The number of sulfonamides is 1. The number of pyridine rings is 1. The van der Waals surface area contributed by atoms with E-state index in [0.717, 1.165) is 0 Å². The van der Waals surface area contributed by atoms with E-state index in [2.05, 4.69) is 9.71 Å². The molecule has 0 fully saturated rings. The minimum absolute atomic E-state index is 0.0938. The number of carbonyl (C=O) groups excluding carboxylic acids is 1. The Morgan fingerprint density at radius 2 is 2.00 bits per heavy atom. The van der Waals surface area contributed by atoms with Gasteiger partial charge in [0.1, 0.15) is 22.8 Å². The lowest BCUT2D eigenvalue weighted by Crippen LogP contribution is -2.50. The number of methoxy groups -OCH3 is 1. The predicted molar refractivity (Wildman–Crippen MR) is 114 cm³/mol. The highest BCUT2D eigenvalue weighted by atomic mass is 32.2. The lowest BCUT2D eigenvalue weighted by atomic mass is 9.82. The fourth-order valence-corrected chi connectivity index (χ4v) is 5.19. The standard InChI is InChI=1S/C23H21FN2O5S/c1-15-8-9-17(14-19(15)24)23(10-12-31-20-7-4-11-25-21(20)23)26-32(28,29)18-6-3-5-16(13-18)22(27)30-2/h3-9,11,13-14,26H,10,12H2,1-2H3/t23-/m0/s1. The SMILES string of the molecule is COC(=O)c1cccc(S(=O)(=O)N[C@]2(c3ccc(C)c(F)c3)CCOc3cccnc32)c1. The van der Waals surface area contributed by atoms with Gasteiger partial charge in [0.2, 0.25) is 10.0 Å². The van der Waals surface area contributed by atoms with Gasteiger partial charge in [0.05, 0.1) is 24.2 Å². The summed E-state index contributed by atoms with van der Waals surface area (Å²) in [7, 11) is -2.96. The summed E-state index contributed by atoms with van der Waals surface area (Å²) in [6, 6.07) is 13.5. The highest BCUT2D eigenvalue weighted by Crippen LogP contribution is 2.42. The zero-order valence-electron chi connectivity index (χ0n) is 17.5. The molecule has 0 saturated heterocycles. The monoisotopic (exact) mass is 456 g/mol. The fourth-order valence-electron chi connectivity index (χ4n) is 3.75. The van der Waals surface area contributed by atoms with E-state index in [1.54, 1.807) is 31.2 Å². The average Bonchev–Trinajstić information content (AvgIpc) is 2.80. The number of fused-ring (bicyclic) bond motifs is 1. The Kier molecular flexibility index (Phi) is 5.70. The van der Waals surface area contributed by atoms with Gasteiger partial charge in [-0.3, -0.25) is 4.98 Å². The molecule has 1 atom stereocenters. The molecule has 1 aliphatic rings. The normalized spacial score (nSPS) is 17.8. The molecule has 1 N–H and O–H groups in total. The largest absolute Gasteiger partial charge is 0.491 e. The molecule has 0 bridgehead atoms. The van der Waals surface area contributed by atoms with Gasteiger partial charge in [0.15, 0.2) is 0 Å². The van der Waals surface area contributed by atoms with Crippen LogP contribution in [0.3, 0.4) is 0 Å². The molecule has 2 heterocycles. The first-order valence-corrected chi connectivity index (χ1v) is 11.3.